The number of benzene rings is 1. The maximum atomic E-state index is 11.8. The molecule has 2 aromatic rings. The minimum Gasteiger partial charge on any atom is -0.478 e. The molecule has 3 rings (SSSR count). The molecule has 13 nitrogen and oxygen atoms in total. The van der Waals surface area contributed by atoms with Gasteiger partial charge in [0.2, 0.25) is 5.95 Å². The van der Waals surface area contributed by atoms with Crippen LogP contribution in [0.5, 0.6) is 0 Å². The average Bonchev–Trinajstić information content (AvgIpc) is 2.59. The van der Waals surface area contributed by atoms with Crippen molar-refractivity contribution in [2.24, 2.45) is 4.99 Å². The Hall–Kier alpha value is -3.25. The van der Waals surface area contributed by atoms with Gasteiger partial charge in [0.25, 0.3) is 5.56 Å². The monoisotopic (exact) mass is 412 g/mol. The van der Waals surface area contributed by atoms with Crippen LogP contribution in [0.2, 0.25) is 0 Å². The van der Waals surface area contributed by atoms with Crippen molar-refractivity contribution in [1.82, 2.24) is 9.97 Å². The van der Waals surface area contributed by atoms with Crippen LogP contribution in [0, 0.1) is 0 Å². The number of anilines is 3. The predicted octanol–water partition coefficient (Wildman–Crippen LogP) is -0.268. The molecular formula is C14H17N6O7P. The lowest BCUT2D eigenvalue weighted by atomic mass is 10.2. The first-order chi connectivity index (χ1) is 13.0. The van der Waals surface area contributed by atoms with Crippen LogP contribution in [0.3, 0.4) is 0 Å². The maximum absolute atomic E-state index is 11.8. The summed E-state index contributed by atoms with van der Waals surface area (Å²) in [6.07, 6.45) is 0. The molecule has 150 valence electrons. The number of aromatic nitrogens is 2. The normalized spacial score (nSPS) is 12.6. The Balaban J connectivity index is 0.000000500. The van der Waals surface area contributed by atoms with Gasteiger partial charge in [0.15, 0.2) is 11.5 Å². The van der Waals surface area contributed by atoms with Crippen molar-refractivity contribution in [2.75, 3.05) is 29.5 Å². The first kappa shape index (κ1) is 21.1. The molecule has 0 aliphatic carbocycles. The van der Waals surface area contributed by atoms with Gasteiger partial charge in [-0.1, -0.05) is 0 Å². The molecule has 0 bridgehead atoms. The number of aromatic carboxylic acids is 1. The first-order valence-electron chi connectivity index (χ1n) is 7.58. The summed E-state index contributed by atoms with van der Waals surface area (Å²) in [4.78, 5) is 54.8. The lowest BCUT2D eigenvalue weighted by Crippen LogP contribution is -2.28. The van der Waals surface area contributed by atoms with E-state index in [1.807, 2.05) is 0 Å². The second-order valence-corrected chi connectivity index (χ2v) is 6.46. The summed E-state index contributed by atoms with van der Waals surface area (Å²) < 4.78 is 8.88. The highest BCUT2D eigenvalue weighted by Gasteiger charge is 2.16. The number of aliphatic imine (C=N–C) groups is 1. The lowest BCUT2D eigenvalue weighted by Gasteiger charge is -2.17. The van der Waals surface area contributed by atoms with Crippen molar-refractivity contribution in [3.8, 4) is 0 Å². The summed E-state index contributed by atoms with van der Waals surface area (Å²) in [5, 5.41) is 15.0. The van der Waals surface area contributed by atoms with Crippen molar-refractivity contribution >= 4 is 42.6 Å². The van der Waals surface area contributed by atoms with Crippen LogP contribution in [0.1, 0.15) is 10.4 Å². The smallest absolute Gasteiger partial charge is 0.466 e. The number of hydrogen-bond acceptors (Lipinski definition) is 8. The van der Waals surface area contributed by atoms with E-state index in [1.54, 1.807) is 12.1 Å². The van der Waals surface area contributed by atoms with E-state index in [9.17, 15) is 9.59 Å². The maximum Gasteiger partial charge on any atom is 0.466 e. The van der Waals surface area contributed by atoms with E-state index in [4.69, 9.17) is 30.1 Å². The van der Waals surface area contributed by atoms with Gasteiger partial charge in [-0.25, -0.2) is 14.4 Å². The quantitative estimate of drug-likeness (QED) is 0.305. The number of hydrogen-bond donors (Lipinski definition) is 8. The van der Waals surface area contributed by atoms with Crippen molar-refractivity contribution in [2.45, 2.75) is 0 Å². The van der Waals surface area contributed by atoms with Gasteiger partial charge in [-0.15, -0.1) is 0 Å². The third-order valence-electron chi connectivity index (χ3n) is 3.27. The molecule has 2 heterocycles. The van der Waals surface area contributed by atoms with Crippen LogP contribution in [-0.4, -0.2) is 54.5 Å². The van der Waals surface area contributed by atoms with Gasteiger partial charge < -0.3 is 36.2 Å². The molecule has 0 saturated heterocycles. The summed E-state index contributed by atoms with van der Waals surface area (Å²) in [5.74, 6) is -0.572. The van der Waals surface area contributed by atoms with Crippen molar-refractivity contribution < 1.29 is 29.1 Å². The van der Waals surface area contributed by atoms with Crippen LogP contribution in [-0.2, 0) is 4.57 Å². The summed E-state index contributed by atoms with van der Waals surface area (Å²) >= 11 is 0. The van der Waals surface area contributed by atoms with Crippen LogP contribution in [0.25, 0.3) is 0 Å². The number of nitrogens with two attached hydrogens (primary N) is 1. The molecule has 0 radical (unpaired) electrons. The summed E-state index contributed by atoms with van der Waals surface area (Å²) in [6.45, 7) is 0.839. The molecule has 1 aromatic carbocycles. The summed E-state index contributed by atoms with van der Waals surface area (Å²) in [6, 6.07) is 6.36. The number of fused-ring (bicyclic) bond motifs is 1. The lowest BCUT2D eigenvalue weighted by molar-refractivity contribution is 0.0697. The molecular weight excluding hydrogens is 395 g/mol. The Kier molecular flexibility index (Phi) is 6.49. The Morgan fingerprint density at radius 3 is 2.43 bits per heavy atom. The molecule has 9 N–H and O–H groups in total. The third-order valence-corrected chi connectivity index (χ3v) is 3.27. The third kappa shape index (κ3) is 6.48. The van der Waals surface area contributed by atoms with Gasteiger partial charge in [-0.05, 0) is 24.3 Å². The van der Waals surface area contributed by atoms with Gasteiger partial charge >= 0.3 is 13.8 Å². The van der Waals surface area contributed by atoms with Gasteiger partial charge in [0.1, 0.15) is 0 Å². The highest BCUT2D eigenvalue weighted by molar-refractivity contribution is 7.45. The van der Waals surface area contributed by atoms with Gasteiger partial charge in [0.05, 0.1) is 24.4 Å². The molecule has 0 atom stereocenters. The van der Waals surface area contributed by atoms with Crippen LogP contribution >= 0.6 is 7.82 Å². The molecule has 1 aromatic heterocycles. The van der Waals surface area contributed by atoms with E-state index in [1.165, 1.54) is 12.1 Å². The highest BCUT2D eigenvalue weighted by Crippen LogP contribution is 2.25. The minimum atomic E-state index is -4.64. The molecule has 14 heteroatoms. The van der Waals surface area contributed by atoms with Crippen LogP contribution in [0.4, 0.5) is 23.1 Å². The molecule has 0 fully saturated rings. The number of carboxylic acids is 1. The molecule has 1 aliphatic rings. The Bertz CT molecular complexity index is 990. The number of carboxylic acid groups (broad SMARTS) is 1. The number of rotatable bonds is 4. The average molecular weight is 412 g/mol. The van der Waals surface area contributed by atoms with E-state index < -0.39 is 19.4 Å². The minimum absolute atomic E-state index is 0.0385. The van der Waals surface area contributed by atoms with Crippen LogP contribution < -0.4 is 21.9 Å². The van der Waals surface area contributed by atoms with E-state index in [0.29, 0.717) is 18.9 Å². The molecule has 1 aliphatic heterocycles. The first-order valence-corrected chi connectivity index (χ1v) is 9.15. The standard InChI is InChI=1S/C14H14N6O3.H3O4P/c15-14-19-11-10(12(21)20-14)18-9(6-17-11)5-16-8-3-1-7(2-4-8)13(22)23;1-5(2,3)4/h1-4,16H,5-6H2,(H,22,23)(H4,15,17,19,20,21);(H3,1,2,3,4). The van der Waals surface area contributed by atoms with E-state index >= 15 is 0 Å². The molecule has 0 amide bonds. The predicted molar refractivity (Wildman–Crippen MR) is 101 cm³/mol. The number of nitrogens with zero attached hydrogens (tertiary/aromatic N) is 2. The van der Waals surface area contributed by atoms with Crippen molar-refractivity contribution in [1.29, 1.82) is 0 Å². The number of nitrogen functional groups attached to an aromatic ring is 1. The number of phosphoric acid groups is 1. The Morgan fingerprint density at radius 2 is 1.86 bits per heavy atom. The van der Waals surface area contributed by atoms with E-state index in [0.717, 1.165) is 11.4 Å². The molecule has 0 saturated carbocycles. The Labute approximate surface area is 157 Å². The fourth-order valence-corrected chi connectivity index (χ4v) is 2.13. The molecule has 28 heavy (non-hydrogen) atoms. The highest BCUT2D eigenvalue weighted by atomic mass is 31.2. The number of H-pyrrole nitrogens is 1. The number of aromatic amines is 1. The molecule has 0 unspecified atom stereocenters. The topological polar surface area (TPSA) is 223 Å². The number of carbonyl (C=O) groups is 1. The van der Waals surface area contributed by atoms with E-state index in [-0.39, 0.29) is 17.2 Å². The van der Waals surface area contributed by atoms with Gasteiger partial charge in [0, 0.05) is 5.69 Å². The van der Waals surface area contributed by atoms with Gasteiger partial charge in [-0.3, -0.25) is 9.78 Å². The second-order valence-electron chi connectivity index (χ2n) is 5.43. The molecule has 0 spiro atoms. The fourth-order valence-electron chi connectivity index (χ4n) is 2.13. The SMILES string of the molecule is Nc1nc2c(c(=O)[nH]1)N=C(CNc1ccc(C(=O)O)cc1)CN2.O=P(O)(O)O. The van der Waals surface area contributed by atoms with Crippen molar-refractivity contribution in [3.63, 3.8) is 0 Å². The van der Waals surface area contributed by atoms with E-state index in [2.05, 4.69) is 25.6 Å². The second kappa shape index (κ2) is 8.63. The largest absolute Gasteiger partial charge is 0.478 e. The zero-order chi connectivity index (χ0) is 20.9. The zero-order valence-corrected chi connectivity index (χ0v) is 15.1. The Morgan fingerprint density at radius 1 is 1.25 bits per heavy atom. The fraction of sp³-hybridized carbons (Fsp3) is 0.143. The van der Waals surface area contributed by atoms with Gasteiger partial charge in [-0.2, -0.15) is 4.98 Å². The number of nitrogens with one attached hydrogen (secondary N) is 3. The summed E-state index contributed by atoms with van der Waals surface area (Å²) in [5.41, 5.74) is 6.97. The summed E-state index contributed by atoms with van der Waals surface area (Å²) in [7, 11) is -4.64. The van der Waals surface area contributed by atoms with Crippen LogP contribution in [0.15, 0.2) is 34.1 Å². The zero-order valence-electron chi connectivity index (χ0n) is 14.2. The van der Waals surface area contributed by atoms with Crippen molar-refractivity contribution in [3.05, 3.63) is 40.2 Å².